The van der Waals surface area contributed by atoms with Gasteiger partial charge in [0.2, 0.25) is 0 Å². The minimum atomic E-state index is -3.66. The van der Waals surface area contributed by atoms with Gasteiger partial charge in [-0.3, -0.25) is 0 Å². The predicted molar refractivity (Wildman–Crippen MR) is 62.8 cm³/mol. The molecule has 0 atom stereocenters. The topological polar surface area (TPSA) is 155 Å². The standard InChI is InChI=1S/C4H6O2.C3H7O3S.K.HNO3/c1-3(2)4(5)6;1-2-3-7(4,5)6;;2-1(3)4/h1H2,2H3,(H,5,6);1-3H2,(H,4,5,6);;(H,2,3,4). The Balaban J connectivity index is -0.000000200. The molecule has 0 aromatic rings. The summed E-state index contributed by atoms with van der Waals surface area (Å²) in [7, 11) is -3.66. The van der Waals surface area contributed by atoms with Gasteiger partial charge < -0.3 is 10.3 Å². The second-order valence-corrected chi connectivity index (χ2v) is 6.10. The van der Waals surface area contributed by atoms with Crippen molar-refractivity contribution >= 4 is 65.0 Å². The van der Waals surface area contributed by atoms with Gasteiger partial charge in [-0.15, -0.1) is 10.1 Å². The zero-order valence-electron chi connectivity index (χ0n) is 10.1. The first-order chi connectivity index (χ1) is 7.94. The summed E-state index contributed by atoms with van der Waals surface area (Å²) >= 11 is 0.706. The first kappa shape index (κ1) is 23.1. The minimum Gasteiger partial charge on any atom is -0.328 e. The molecular weight excluding hydrogens is 297 g/mol. The van der Waals surface area contributed by atoms with Gasteiger partial charge in [0.25, 0.3) is 5.09 Å². The molecule has 0 saturated carbocycles. The molecule has 0 spiro atoms. The zero-order valence-corrected chi connectivity index (χ0v) is 14.0. The van der Waals surface area contributed by atoms with E-state index in [1.807, 2.05) is 0 Å². The second kappa shape index (κ2) is 13.4. The molecule has 0 fully saturated rings. The van der Waals surface area contributed by atoms with Crippen molar-refractivity contribution < 1.29 is 33.2 Å². The van der Waals surface area contributed by atoms with Crippen molar-refractivity contribution in [1.82, 2.24) is 0 Å². The Morgan fingerprint density at radius 3 is 1.83 bits per heavy atom. The van der Waals surface area contributed by atoms with Crippen LogP contribution in [0.15, 0.2) is 12.2 Å². The zero-order chi connectivity index (χ0) is 15.4. The van der Waals surface area contributed by atoms with Crippen molar-refractivity contribution in [2.75, 3.05) is 5.75 Å². The number of carboxylic acids is 1. The molecule has 11 heteroatoms. The van der Waals surface area contributed by atoms with Gasteiger partial charge in [-0.25, -0.2) is 4.79 Å². The van der Waals surface area contributed by atoms with Gasteiger partial charge in [0.1, 0.15) is 0 Å². The number of aliphatic carboxylic acids is 1. The van der Waals surface area contributed by atoms with Crippen molar-refractivity contribution in [3.63, 3.8) is 0 Å². The third kappa shape index (κ3) is 44.5. The van der Waals surface area contributed by atoms with Gasteiger partial charge in [0, 0.05) is 5.57 Å². The van der Waals surface area contributed by atoms with Crippen molar-refractivity contribution in [3.8, 4) is 0 Å². The Labute approximate surface area is 138 Å². The van der Waals surface area contributed by atoms with Gasteiger partial charge in [-0.2, -0.15) is 0 Å². The molecule has 0 aliphatic rings. The van der Waals surface area contributed by atoms with Crippen LogP contribution in [0.1, 0.15) is 13.3 Å². The van der Waals surface area contributed by atoms with Crippen LogP contribution in [0.2, 0.25) is 0.515 Å². The monoisotopic (exact) mass is 311 g/mol. The van der Waals surface area contributed by atoms with Crippen molar-refractivity contribution in [3.05, 3.63) is 22.3 Å². The third-order valence-electron chi connectivity index (χ3n) is 1.12. The summed E-state index contributed by atoms with van der Waals surface area (Å²) in [4.78, 5) is 18.0. The number of rotatable bonds is 4. The van der Waals surface area contributed by atoms with Crippen LogP contribution in [-0.4, -0.2) is 89.0 Å². The molecule has 0 radical (unpaired) electrons. The van der Waals surface area contributed by atoms with Crippen molar-refractivity contribution in [2.45, 2.75) is 13.9 Å². The van der Waals surface area contributed by atoms with Crippen LogP contribution in [0.5, 0.6) is 0 Å². The molecular formula is C7H14KNO8S. The van der Waals surface area contributed by atoms with E-state index in [0.717, 1.165) is 0.515 Å². The Morgan fingerprint density at radius 1 is 1.50 bits per heavy atom. The van der Waals surface area contributed by atoms with Crippen LogP contribution < -0.4 is 0 Å². The van der Waals surface area contributed by atoms with Gasteiger partial charge in [0.05, 0.1) is 0 Å². The normalized spacial score (nSPS) is 9.11. The Bertz CT molecular complexity index is 350. The summed E-state index contributed by atoms with van der Waals surface area (Å²) < 4.78 is 29.1. The molecule has 0 saturated heterocycles. The number of nitrogens with zero attached hydrogens (tertiary/aromatic N) is 1. The van der Waals surface area contributed by atoms with Crippen LogP contribution >= 0.6 is 0 Å². The Kier molecular flexibility index (Phi) is 17.2. The SMILES string of the molecule is C=C(C)C(=O)O.O=S(=O)(O)CC[CH2][K].O=[N+]([O-])O. The van der Waals surface area contributed by atoms with Crippen molar-refractivity contribution in [1.29, 1.82) is 0 Å². The summed E-state index contributed by atoms with van der Waals surface area (Å²) in [5.41, 5.74) is 0.176. The summed E-state index contributed by atoms with van der Waals surface area (Å²) in [5.74, 6) is -0.996. The van der Waals surface area contributed by atoms with Crippen LogP contribution in [0.25, 0.3) is 0 Å². The van der Waals surface area contributed by atoms with E-state index < -0.39 is 21.2 Å². The van der Waals surface area contributed by atoms with Gasteiger partial charge in [0.15, 0.2) is 0 Å². The fraction of sp³-hybridized carbons (Fsp3) is 0.571. The molecule has 102 valence electrons. The average Bonchev–Trinajstić information content (AvgIpc) is 2.13. The number of carbonyl (C=O) groups is 1. The first-order valence-electron chi connectivity index (χ1n) is 4.61. The largest absolute Gasteiger partial charge is 0.328 e. The maximum atomic E-state index is 9.97. The molecule has 0 aromatic heterocycles. The smallest absolute Gasteiger partial charge is 0.291 e. The quantitative estimate of drug-likeness (QED) is 0.218. The van der Waals surface area contributed by atoms with E-state index in [9.17, 15) is 13.2 Å². The number of hydrogen-bond acceptors (Lipinski definition) is 5. The molecule has 3 N–H and O–H groups in total. The molecule has 0 aliphatic carbocycles. The van der Waals surface area contributed by atoms with Crippen molar-refractivity contribution in [2.24, 2.45) is 0 Å². The maximum Gasteiger partial charge on any atom is 0.291 e. The average molecular weight is 311 g/mol. The van der Waals surface area contributed by atoms with E-state index in [-0.39, 0.29) is 11.3 Å². The van der Waals surface area contributed by atoms with Crippen LogP contribution in [-0.2, 0) is 14.9 Å². The first-order valence-corrected chi connectivity index (χ1v) is 8.43. The second-order valence-electron chi connectivity index (χ2n) is 2.96. The predicted octanol–water partition coefficient (Wildman–Crippen LogP) is 0.150. The summed E-state index contributed by atoms with van der Waals surface area (Å²) in [6, 6.07) is 0. The van der Waals surface area contributed by atoms with E-state index in [2.05, 4.69) is 6.58 Å². The Hall–Kier alpha value is -0.0436. The minimum absolute atomic E-state index is 0.0608. The van der Waals surface area contributed by atoms with E-state index in [1.54, 1.807) is 0 Å². The van der Waals surface area contributed by atoms with E-state index in [4.69, 9.17) is 25.0 Å². The summed E-state index contributed by atoms with van der Waals surface area (Å²) in [5, 5.41) is 21.5. The fourth-order valence-corrected chi connectivity index (χ4v) is 2.33. The molecule has 0 bridgehead atoms. The molecule has 18 heavy (non-hydrogen) atoms. The Morgan fingerprint density at radius 2 is 1.78 bits per heavy atom. The van der Waals surface area contributed by atoms with Gasteiger partial charge >= 0.3 is 90.7 Å². The summed E-state index contributed by atoms with van der Waals surface area (Å²) in [6.07, 6.45) is 0.624. The molecule has 9 nitrogen and oxygen atoms in total. The van der Waals surface area contributed by atoms with E-state index >= 15 is 0 Å². The molecule has 0 heterocycles. The fourth-order valence-electron chi connectivity index (χ4n) is 0.327. The number of carboxylic acid groups (broad SMARTS) is 1. The molecule has 0 unspecified atom stereocenters. The van der Waals surface area contributed by atoms with Gasteiger partial charge in [-0.1, -0.05) is 6.58 Å². The van der Waals surface area contributed by atoms with Crippen LogP contribution in [0.4, 0.5) is 0 Å². The molecule has 0 aromatic carbocycles. The van der Waals surface area contributed by atoms with E-state index in [0.29, 0.717) is 55.4 Å². The van der Waals surface area contributed by atoms with Crippen LogP contribution in [0.3, 0.4) is 0 Å². The summed E-state index contributed by atoms with van der Waals surface area (Å²) in [6.45, 7) is 4.60. The molecule has 0 amide bonds. The van der Waals surface area contributed by atoms with Gasteiger partial charge in [-0.05, 0) is 6.92 Å². The maximum absolute atomic E-state index is 9.97. The number of hydrogen-bond donors (Lipinski definition) is 3. The third-order valence-corrected chi connectivity index (χ3v) is 3.03. The molecule has 0 rings (SSSR count). The van der Waals surface area contributed by atoms with E-state index in [1.165, 1.54) is 6.92 Å². The molecule has 0 aliphatic heterocycles. The van der Waals surface area contributed by atoms with Crippen LogP contribution in [0, 0.1) is 10.1 Å².